The predicted molar refractivity (Wildman–Crippen MR) is 106 cm³/mol. The molecule has 0 aliphatic rings. The number of Topliss-reactive ketones (excluding diaryl/α,β-unsaturated/α-hetero) is 1. The minimum atomic E-state index is -0.952. The third kappa shape index (κ3) is 3.13. The molecule has 0 unspecified atom stereocenters. The summed E-state index contributed by atoms with van der Waals surface area (Å²) in [7, 11) is 0. The Bertz CT molecular complexity index is 722. The normalized spacial score (nSPS) is 12.6. The number of rotatable bonds is 6. The van der Waals surface area contributed by atoms with Gasteiger partial charge in [0.25, 0.3) is 0 Å². The molecule has 3 aromatic rings. The van der Waals surface area contributed by atoms with E-state index in [0.29, 0.717) is 5.75 Å². The molecule has 2 N–H and O–H groups in total. The Morgan fingerprint density at radius 2 is 1.08 bits per heavy atom. The van der Waals surface area contributed by atoms with Crippen molar-refractivity contribution < 1.29 is 4.79 Å². The maximum atomic E-state index is 13.6. The Labute approximate surface area is 154 Å². The summed E-state index contributed by atoms with van der Waals surface area (Å²) in [6.07, 6.45) is 0. The van der Waals surface area contributed by atoms with E-state index in [1.165, 1.54) is 0 Å². The molecule has 0 aliphatic carbocycles. The molecule has 126 valence electrons. The molecule has 3 rings (SSSR count). The third-order valence-corrected chi connectivity index (χ3v) is 4.92. The molecule has 1 atom stereocenters. The lowest BCUT2D eigenvalue weighted by Crippen LogP contribution is -2.49. The van der Waals surface area contributed by atoms with Crippen LogP contribution in [0.5, 0.6) is 0 Å². The zero-order valence-corrected chi connectivity index (χ0v) is 14.8. The van der Waals surface area contributed by atoms with Gasteiger partial charge in [0.05, 0.1) is 6.04 Å². The number of carbonyl (C=O) groups excluding carboxylic acids is 1. The summed E-state index contributed by atoms with van der Waals surface area (Å²) in [5.74, 6) is 0.249. The highest BCUT2D eigenvalue weighted by Gasteiger charge is 2.45. The second kappa shape index (κ2) is 7.68. The summed E-state index contributed by atoms with van der Waals surface area (Å²) in [5.41, 5.74) is 7.97. The Hall–Kier alpha value is -2.36. The first-order valence-electron chi connectivity index (χ1n) is 8.28. The van der Waals surface area contributed by atoms with Crippen molar-refractivity contribution in [3.05, 3.63) is 108 Å². The van der Waals surface area contributed by atoms with Gasteiger partial charge in [0.1, 0.15) is 5.41 Å². The molecule has 0 amide bonds. The van der Waals surface area contributed by atoms with Crippen molar-refractivity contribution in [1.29, 1.82) is 0 Å². The molecule has 0 radical (unpaired) electrons. The molecule has 0 aliphatic heterocycles. The molecule has 0 heterocycles. The minimum Gasteiger partial charge on any atom is -0.321 e. The lowest BCUT2D eigenvalue weighted by atomic mass is 9.65. The summed E-state index contributed by atoms with van der Waals surface area (Å²) < 4.78 is 0. The summed E-state index contributed by atoms with van der Waals surface area (Å²) in [6.45, 7) is 0. The number of hydrogen-bond donors (Lipinski definition) is 2. The zero-order chi connectivity index (χ0) is 17.7. The summed E-state index contributed by atoms with van der Waals surface area (Å²) in [4.78, 5) is 13.6. The van der Waals surface area contributed by atoms with Crippen LogP contribution in [0.2, 0.25) is 0 Å². The van der Waals surface area contributed by atoms with Crippen molar-refractivity contribution in [3.63, 3.8) is 0 Å². The number of thiol groups is 1. The van der Waals surface area contributed by atoms with Crippen molar-refractivity contribution in [2.75, 3.05) is 5.75 Å². The molecule has 0 bridgehead atoms. The molecule has 3 aromatic carbocycles. The van der Waals surface area contributed by atoms with Gasteiger partial charge in [-0.05, 0) is 16.7 Å². The van der Waals surface area contributed by atoms with Crippen LogP contribution in [0.3, 0.4) is 0 Å². The molecule has 0 spiro atoms. The first-order valence-corrected chi connectivity index (χ1v) is 8.92. The average Bonchev–Trinajstić information content (AvgIpc) is 2.70. The molecule has 25 heavy (non-hydrogen) atoms. The van der Waals surface area contributed by atoms with Crippen molar-refractivity contribution in [2.24, 2.45) is 5.73 Å². The molecule has 3 heteroatoms. The monoisotopic (exact) mass is 347 g/mol. The highest BCUT2D eigenvalue weighted by atomic mass is 32.1. The van der Waals surface area contributed by atoms with Gasteiger partial charge in [0.2, 0.25) is 0 Å². The average molecular weight is 347 g/mol. The van der Waals surface area contributed by atoms with Gasteiger partial charge in [-0.2, -0.15) is 12.6 Å². The lowest BCUT2D eigenvalue weighted by molar-refractivity contribution is -0.122. The van der Waals surface area contributed by atoms with E-state index in [2.05, 4.69) is 12.6 Å². The molecule has 0 aromatic heterocycles. The largest absolute Gasteiger partial charge is 0.321 e. The predicted octanol–water partition coefficient (Wildman–Crippen LogP) is 3.85. The van der Waals surface area contributed by atoms with E-state index in [1.807, 2.05) is 91.0 Å². The van der Waals surface area contributed by atoms with Gasteiger partial charge in [-0.3, -0.25) is 4.79 Å². The highest BCUT2D eigenvalue weighted by Crippen LogP contribution is 2.40. The minimum absolute atomic E-state index is 0.0499. The molecular weight excluding hydrogens is 326 g/mol. The second-order valence-corrected chi connectivity index (χ2v) is 6.37. The SMILES string of the molecule is N[C@@H](CS)C(=O)C(c1ccccc1)(c1ccccc1)c1ccccc1. The Kier molecular flexibility index (Phi) is 5.37. The topological polar surface area (TPSA) is 43.1 Å². The third-order valence-electron chi connectivity index (χ3n) is 4.52. The van der Waals surface area contributed by atoms with Crippen LogP contribution in [-0.4, -0.2) is 17.6 Å². The highest BCUT2D eigenvalue weighted by molar-refractivity contribution is 7.80. The molecule has 0 fully saturated rings. The first kappa shape index (κ1) is 17.5. The Morgan fingerprint density at radius 3 is 1.36 bits per heavy atom. The van der Waals surface area contributed by atoms with Gasteiger partial charge in [-0.25, -0.2) is 0 Å². The van der Waals surface area contributed by atoms with Crippen molar-refractivity contribution in [1.82, 2.24) is 0 Å². The van der Waals surface area contributed by atoms with Crippen LogP contribution in [0.4, 0.5) is 0 Å². The molecule has 0 saturated heterocycles. The summed E-state index contributed by atoms with van der Waals surface area (Å²) in [5, 5.41) is 0. The maximum absolute atomic E-state index is 13.6. The van der Waals surface area contributed by atoms with Gasteiger partial charge < -0.3 is 5.73 Å². The van der Waals surface area contributed by atoms with Crippen molar-refractivity contribution in [3.8, 4) is 0 Å². The van der Waals surface area contributed by atoms with E-state index < -0.39 is 11.5 Å². The molecular formula is C22H21NOS. The summed E-state index contributed by atoms with van der Waals surface area (Å²) >= 11 is 4.28. The van der Waals surface area contributed by atoms with Gasteiger partial charge in [0.15, 0.2) is 5.78 Å². The zero-order valence-electron chi connectivity index (χ0n) is 13.9. The number of nitrogens with two attached hydrogens (primary N) is 1. The second-order valence-electron chi connectivity index (χ2n) is 6.00. The van der Waals surface area contributed by atoms with Gasteiger partial charge in [-0.1, -0.05) is 91.0 Å². The number of carbonyl (C=O) groups is 1. The van der Waals surface area contributed by atoms with Gasteiger partial charge in [0, 0.05) is 5.75 Å². The van der Waals surface area contributed by atoms with E-state index >= 15 is 0 Å². The maximum Gasteiger partial charge on any atom is 0.169 e. The van der Waals surface area contributed by atoms with Gasteiger partial charge >= 0.3 is 0 Å². The van der Waals surface area contributed by atoms with E-state index in [1.54, 1.807) is 0 Å². The molecule has 2 nitrogen and oxygen atoms in total. The van der Waals surface area contributed by atoms with Crippen molar-refractivity contribution in [2.45, 2.75) is 11.5 Å². The van der Waals surface area contributed by atoms with Crippen LogP contribution in [-0.2, 0) is 10.2 Å². The van der Waals surface area contributed by atoms with Crippen LogP contribution in [0.1, 0.15) is 16.7 Å². The summed E-state index contributed by atoms with van der Waals surface area (Å²) in [6, 6.07) is 28.9. The fourth-order valence-electron chi connectivity index (χ4n) is 3.35. The smallest absolute Gasteiger partial charge is 0.169 e. The van der Waals surface area contributed by atoms with E-state index in [9.17, 15) is 4.79 Å². The quantitative estimate of drug-likeness (QED) is 0.525. The van der Waals surface area contributed by atoms with Crippen LogP contribution >= 0.6 is 12.6 Å². The standard InChI is InChI=1S/C22H21NOS/c23-20(16-25)21(24)22(17-10-4-1-5-11-17,18-12-6-2-7-13-18)19-14-8-3-9-15-19/h1-15,20,25H,16,23H2/t20-/m0/s1. The number of ketones is 1. The van der Waals surface area contributed by atoms with E-state index in [-0.39, 0.29) is 5.78 Å². The van der Waals surface area contributed by atoms with E-state index in [4.69, 9.17) is 5.73 Å². The van der Waals surface area contributed by atoms with Crippen LogP contribution < -0.4 is 5.73 Å². The van der Waals surface area contributed by atoms with Crippen LogP contribution in [0.25, 0.3) is 0 Å². The molecule has 0 saturated carbocycles. The Morgan fingerprint density at radius 1 is 0.760 bits per heavy atom. The fourth-order valence-corrected chi connectivity index (χ4v) is 3.52. The Balaban J connectivity index is 2.38. The fraction of sp³-hybridized carbons (Fsp3) is 0.136. The van der Waals surface area contributed by atoms with Gasteiger partial charge in [-0.15, -0.1) is 0 Å². The number of hydrogen-bond acceptors (Lipinski definition) is 3. The van der Waals surface area contributed by atoms with E-state index in [0.717, 1.165) is 16.7 Å². The van der Waals surface area contributed by atoms with Crippen LogP contribution in [0.15, 0.2) is 91.0 Å². The number of benzene rings is 3. The van der Waals surface area contributed by atoms with Crippen molar-refractivity contribution >= 4 is 18.4 Å². The first-order chi connectivity index (χ1) is 12.2. The van der Waals surface area contributed by atoms with Crippen LogP contribution in [0, 0.1) is 0 Å². The lowest BCUT2D eigenvalue weighted by Gasteiger charge is -2.36.